The van der Waals surface area contributed by atoms with Gasteiger partial charge in [0.25, 0.3) is 0 Å². The number of rotatable bonds is 4. The Morgan fingerprint density at radius 2 is 2.16 bits per heavy atom. The summed E-state index contributed by atoms with van der Waals surface area (Å²) in [6, 6.07) is 4.18. The van der Waals surface area contributed by atoms with E-state index in [0.29, 0.717) is 28.5 Å². The predicted molar refractivity (Wildman–Crippen MR) is 75.4 cm³/mol. The van der Waals surface area contributed by atoms with E-state index >= 15 is 0 Å². The lowest BCUT2D eigenvalue weighted by molar-refractivity contribution is 0.0697. The molecule has 1 saturated carbocycles. The van der Waals surface area contributed by atoms with E-state index in [1.54, 1.807) is 6.07 Å². The summed E-state index contributed by atoms with van der Waals surface area (Å²) in [5, 5.41) is 14.3. The van der Waals surface area contributed by atoms with E-state index in [1.807, 2.05) is 0 Å². The summed E-state index contributed by atoms with van der Waals surface area (Å²) in [5.74, 6) is 0.227. The summed E-state index contributed by atoms with van der Waals surface area (Å²) < 4.78 is 0.646. The Morgan fingerprint density at radius 1 is 1.47 bits per heavy atom. The van der Waals surface area contributed by atoms with Gasteiger partial charge < -0.3 is 15.7 Å². The number of hydrogen-bond acceptors (Lipinski definition) is 2. The lowest BCUT2D eigenvalue weighted by atomic mass is 10.2. The Hall–Kier alpha value is -1.56. The molecular formula is C13H15BrN2O3. The Bertz CT molecular complexity index is 519. The summed E-state index contributed by atoms with van der Waals surface area (Å²) in [5.41, 5.74) is 0.579. The molecule has 2 rings (SSSR count). The molecule has 0 heterocycles. The Balaban J connectivity index is 1.95. The van der Waals surface area contributed by atoms with Crippen molar-refractivity contribution in [2.24, 2.45) is 11.8 Å². The van der Waals surface area contributed by atoms with Crippen molar-refractivity contribution in [1.29, 1.82) is 0 Å². The van der Waals surface area contributed by atoms with E-state index in [0.717, 1.165) is 6.42 Å². The third-order valence-electron chi connectivity index (χ3n) is 3.26. The van der Waals surface area contributed by atoms with Gasteiger partial charge >= 0.3 is 12.0 Å². The molecule has 0 spiro atoms. The zero-order valence-corrected chi connectivity index (χ0v) is 12.0. The highest BCUT2D eigenvalue weighted by atomic mass is 79.9. The van der Waals surface area contributed by atoms with Gasteiger partial charge in [-0.3, -0.25) is 0 Å². The molecule has 0 radical (unpaired) electrons. The number of halogens is 1. The Kier molecular flexibility index (Phi) is 4.09. The summed E-state index contributed by atoms with van der Waals surface area (Å²) in [7, 11) is 0. The van der Waals surface area contributed by atoms with Crippen molar-refractivity contribution < 1.29 is 14.7 Å². The normalized spacial score (nSPS) is 20.7. The van der Waals surface area contributed by atoms with Crippen LogP contribution in [0.5, 0.6) is 0 Å². The van der Waals surface area contributed by atoms with Crippen LogP contribution in [0, 0.1) is 11.8 Å². The van der Waals surface area contributed by atoms with Gasteiger partial charge in [0.05, 0.1) is 11.3 Å². The molecule has 3 N–H and O–H groups in total. The molecule has 102 valence electrons. The molecule has 0 aromatic heterocycles. The molecule has 0 aliphatic heterocycles. The maximum Gasteiger partial charge on any atom is 0.335 e. The van der Waals surface area contributed by atoms with Gasteiger partial charge in [0.1, 0.15) is 0 Å². The summed E-state index contributed by atoms with van der Waals surface area (Å²) >= 11 is 3.27. The number of urea groups is 1. The van der Waals surface area contributed by atoms with Crippen molar-refractivity contribution >= 4 is 33.6 Å². The largest absolute Gasteiger partial charge is 0.478 e. The van der Waals surface area contributed by atoms with Gasteiger partial charge in [-0.15, -0.1) is 0 Å². The Morgan fingerprint density at radius 3 is 2.74 bits per heavy atom. The topological polar surface area (TPSA) is 78.4 Å². The Labute approximate surface area is 119 Å². The minimum atomic E-state index is -1.03. The third kappa shape index (κ3) is 3.70. The number of amides is 2. The van der Waals surface area contributed by atoms with E-state index < -0.39 is 5.97 Å². The second-order valence-corrected chi connectivity index (χ2v) is 5.66. The fourth-order valence-corrected chi connectivity index (χ4v) is 2.17. The van der Waals surface area contributed by atoms with E-state index in [2.05, 4.69) is 33.5 Å². The third-order valence-corrected chi connectivity index (χ3v) is 3.95. The quantitative estimate of drug-likeness (QED) is 0.796. The molecular weight excluding hydrogens is 312 g/mol. The average molecular weight is 327 g/mol. The molecule has 2 amide bonds. The van der Waals surface area contributed by atoms with Gasteiger partial charge in [0.15, 0.2) is 0 Å². The van der Waals surface area contributed by atoms with Crippen molar-refractivity contribution in [3.8, 4) is 0 Å². The van der Waals surface area contributed by atoms with Crippen molar-refractivity contribution in [2.45, 2.75) is 13.3 Å². The molecule has 1 aliphatic carbocycles. The van der Waals surface area contributed by atoms with E-state index in [9.17, 15) is 9.59 Å². The van der Waals surface area contributed by atoms with Crippen LogP contribution in [0.3, 0.4) is 0 Å². The van der Waals surface area contributed by atoms with Crippen molar-refractivity contribution in [1.82, 2.24) is 5.32 Å². The molecule has 19 heavy (non-hydrogen) atoms. The highest BCUT2D eigenvalue weighted by Gasteiger charge is 2.32. The van der Waals surface area contributed by atoms with Crippen LogP contribution in [0.15, 0.2) is 22.7 Å². The smallest absolute Gasteiger partial charge is 0.335 e. The SMILES string of the molecule is CC1CC1CNC(=O)Nc1cc(C(=O)O)ccc1Br. The van der Waals surface area contributed by atoms with Crippen molar-refractivity contribution in [2.75, 3.05) is 11.9 Å². The molecule has 1 fully saturated rings. The standard InChI is InChI=1S/C13H15BrN2O3/c1-7-4-9(7)6-15-13(19)16-11-5-8(12(17)18)2-3-10(11)14/h2-3,5,7,9H,4,6H2,1H3,(H,17,18)(H2,15,16,19). The lowest BCUT2D eigenvalue weighted by Gasteiger charge is -2.09. The predicted octanol–water partition coefficient (Wildman–Crippen LogP) is 2.92. The first-order valence-electron chi connectivity index (χ1n) is 6.05. The van der Waals surface area contributed by atoms with Crippen molar-refractivity contribution in [3.05, 3.63) is 28.2 Å². The highest BCUT2D eigenvalue weighted by molar-refractivity contribution is 9.10. The van der Waals surface area contributed by atoms with Gasteiger partial charge in [-0.05, 0) is 52.4 Å². The molecule has 6 heteroatoms. The molecule has 0 saturated heterocycles. The average Bonchev–Trinajstić information content (AvgIpc) is 3.05. The zero-order chi connectivity index (χ0) is 14.0. The van der Waals surface area contributed by atoms with E-state index in [-0.39, 0.29) is 11.6 Å². The number of benzene rings is 1. The molecule has 5 nitrogen and oxygen atoms in total. The zero-order valence-electron chi connectivity index (χ0n) is 10.4. The highest BCUT2D eigenvalue weighted by Crippen LogP contribution is 2.36. The summed E-state index contributed by atoms with van der Waals surface area (Å²) in [4.78, 5) is 22.6. The monoisotopic (exact) mass is 326 g/mol. The number of anilines is 1. The van der Waals surface area contributed by atoms with Gasteiger partial charge in [0, 0.05) is 11.0 Å². The number of aromatic carboxylic acids is 1. The number of carboxylic acids is 1. The second-order valence-electron chi connectivity index (χ2n) is 4.81. The minimum Gasteiger partial charge on any atom is -0.478 e. The first kappa shape index (κ1) is 13.9. The molecule has 2 unspecified atom stereocenters. The fourth-order valence-electron chi connectivity index (χ4n) is 1.83. The number of nitrogens with one attached hydrogen (secondary N) is 2. The second kappa shape index (κ2) is 5.61. The van der Waals surface area contributed by atoms with Gasteiger partial charge in [0.2, 0.25) is 0 Å². The summed E-state index contributed by atoms with van der Waals surface area (Å²) in [6.45, 7) is 2.81. The fraction of sp³-hybridized carbons (Fsp3) is 0.385. The first-order valence-corrected chi connectivity index (χ1v) is 6.84. The summed E-state index contributed by atoms with van der Waals surface area (Å²) in [6.07, 6.45) is 1.15. The van der Waals surface area contributed by atoms with Crippen LogP contribution in [-0.4, -0.2) is 23.7 Å². The molecule has 2 atom stereocenters. The van der Waals surface area contributed by atoms with E-state index in [1.165, 1.54) is 12.1 Å². The van der Waals surface area contributed by atoms with E-state index in [4.69, 9.17) is 5.11 Å². The van der Waals surface area contributed by atoms with Crippen LogP contribution in [-0.2, 0) is 0 Å². The maximum atomic E-state index is 11.7. The number of carboxylic acid groups (broad SMARTS) is 1. The number of carbonyl (C=O) groups is 2. The molecule has 1 aromatic carbocycles. The molecule has 1 aromatic rings. The first-order chi connectivity index (χ1) is 8.97. The number of hydrogen-bond donors (Lipinski definition) is 3. The maximum absolute atomic E-state index is 11.7. The number of carbonyl (C=O) groups excluding carboxylic acids is 1. The van der Waals surface area contributed by atoms with Gasteiger partial charge in [-0.2, -0.15) is 0 Å². The minimum absolute atomic E-state index is 0.134. The van der Waals surface area contributed by atoms with Gasteiger partial charge in [-0.1, -0.05) is 6.92 Å². The van der Waals surface area contributed by atoms with Gasteiger partial charge in [-0.25, -0.2) is 9.59 Å². The van der Waals surface area contributed by atoms with Crippen LogP contribution in [0.2, 0.25) is 0 Å². The van der Waals surface area contributed by atoms with Crippen LogP contribution < -0.4 is 10.6 Å². The molecule has 0 bridgehead atoms. The van der Waals surface area contributed by atoms with Crippen LogP contribution in [0.1, 0.15) is 23.7 Å². The molecule has 1 aliphatic rings. The lowest BCUT2D eigenvalue weighted by Crippen LogP contribution is -2.30. The van der Waals surface area contributed by atoms with Crippen LogP contribution >= 0.6 is 15.9 Å². The van der Waals surface area contributed by atoms with Crippen molar-refractivity contribution in [3.63, 3.8) is 0 Å². The van der Waals surface area contributed by atoms with Crippen LogP contribution in [0.4, 0.5) is 10.5 Å². The van der Waals surface area contributed by atoms with Crippen LogP contribution in [0.25, 0.3) is 0 Å².